The van der Waals surface area contributed by atoms with Gasteiger partial charge in [0.05, 0.1) is 27.0 Å². The van der Waals surface area contributed by atoms with Crippen molar-refractivity contribution in [2.24, 2.45) is 0 Å². The van der Waals surface area contributed by atoms with Gasteiger partial charge in [-0.1, -0.05) is 41.4 Å². The molecule has 0 aliphatic carbocycles. The fourth-order valence-corrected chi connectivity index (χ4v) is 4.16. The van der Waals surface area contributed by atoms with E-state index in [4.69, 9.17) is 23.2 Å². The normalized spacial score (nSPS) is 11.5. The van der Waals surface area contributed by atoms with Crippen LogP contribution in [0.2, 0.25) is 10.0 Å². The molecule has 0 aromatic heterocycles. The van der Waals surface area contributed by atoms with Gasteiger partial charge in [-0.05, 0) is 42.5 Å². The van der Waals surface area contributed by atoms with E-state index in [2.05, 4.69) is 20.1 Å². The smallest absolute Gasteiger partial charge is 0.406 e. The molecule has 33 heavy (non-hydrogen) atoms. The van der Waals surface area contributed by atoms with E-state index in [1.54, 1.807) is 6.07 Å². The third kappa shape index (κ3) is 6.91. The summed E-state index contributed by atoms with van der Waals surface area (Å²) >= 11 is 11.8. The number of alkyl halides is 3. The van der Waals surface area contributed by atoms with Gasteiger partial charge in [0, 0.05) is 11.1 Å². The minimum Gasteiger partial charge on any atom is -0.406 e. The lowest BCUT2D eigenvalue weighted by atomic mass is 10.3. The van der Waals surface area contributed by atoms with Gasteiger partial charge in [-0.15, -0.1) is 13.2 Å². The largest absolute Gasteiger partial charge is 0.573 e. The van der Waals surface area contributed by atoms with Crippen molar-refractivity contribution in [3.8, 4) is 5.75 Å². The third-order valence-corrected chi connectivity index (χ3v) is 5.86. The van der Waals surface area contributed by atoms with E-state index in [1.165, 1.54) is 36.4 Å². The Hall–Kier alpha value is -3.15. The number of rotatable bonds is 6. The van der Waals surface area contributed by atoms with Crippen LogP contribution in [0.3, 0.4) is 0 Å². The Kier molecular flexibility index (Phi) is 7.25. The van der Waals surface area contributed by atoms with Crippen molar-refractivity contribution in [1.29, 1.82) is 0 Å². The van der Waals surface area contributed by atoms with Crippen LogP contribution >= 0.6 is 23.2 Å². The lowest BCUT2D eigenvalue weighted by Crippen LogP contribution is -2.21. The standard InChI is InChI=1S/C20H14Cl2F3N3O4S/c21-12-8-9-16(15(22)10-12)26-19(29)27-17-6-1-2-7-18(17)28-33(30,31)14-5-3-4-13(11-14)32-20(23,24)25/h1-11,28H,(H2,26,27,29). The minimum absolute atomic E-state index is 0.0306. The van der Waals surface area contributed by atoms with E-state index in [9.17, 15) is 26.4 Å². The van der Waals surface area contributed by atoms with Gasteiger partial charge in [0.1, 0.15) is 5.75 Å². The number of sulfonamides is 1. The van der Waals surface area contributed by atoms with E-state index >= 15 is 0 Å². The Morgan fingerprint density at radius 3 is 2.18 bits per heavy atom. The van der Waals surface area contributed by atoms with Crippen molar-refractivity contribution in [2.75, 3.05) is 15.4 Å². The van der Waals surface area contributed by atoms with Gasteiger partial charge < -0.3 is 15.4 Å². The molecule has 0 aliphatic heterocycles. The number of hydrogen-bond donors (Lipinski definition) is 3. The summed E-state index contributed by atoms with van der Waals surface area (Å²) in [6.45, 7) is 0. The number of anilines is 3. The summed E-state index contributed by atoms with van der Waals surface area (Å²) in [5.41, 5.74) is 0.307. The summed E-state index contributed by atoms with van der Waals surface area (Å²) in [6.07, 6.45) is -4.98. The first-order chi connectivity index (χ1) is 15.4. The molecular formula is C20H14Cl2F3N3O4S. The second kappa shape index (κ2) is 9.77. The Bertz CT molecular complexity index is 1290. The van der Waals surface area contributed by atoms with Crippen LogP contribution in [0.5, 0.6) is 5.75 Å². The topological polar surface area (TPSA) is 96.5 Å². The molecule has 0 saturated carbocycles. The lowest BCUT2D eigenvalue weighted by molar-refractivity contribution is -0.274. The Balaban J connectivity index is 1.79. The summed E-state index contributed by atoms with van der Waals surface area (Å²) in [7, 11) is -4.32. The Labute approximate surface area is 196 Å². The number of carbonyl (C=O) groups excluding carboxylic acids is 1. The van der Waals surface area contributed by atoms with Gasteiger partial charge in [-0.25, -0.2) is 13.2 Å². The van der Waals surface area contributed by atoms with Gasteiger partial charge in [-0.3, -0.25) is 4.72 Å². The highest BCUT2D eigenvalue weighted by Gasteiger charge is 2.31. The zero-order valence-electron chi connectivity index (χ0n) is 16.3. The van der Waals surface area contributed by atoms with E-state index < -0.39 is 33.1 Å². The molecule has 3 N–H and O–H groups in total. The number of para-hydroxylation sites is 2. The molecule has 13 heteroatoms. The van der Waals surface area contributed by atoms with E-state index in [1.807, 2.05) is 0 Å². The van der Waals surface area contributed by atoms with Crippen LogP contribution < -0.4 is 20.1 Å². The quantitative estimate of drug-likeness (QED) is 0.354. The van der Waals surface area contributed by atoms with Gasteiger partial charge in [-0.2, -0.15) is 0 Å². The molecule has 0 unspecified atom stereocenters. The summed E-state index contributed by atoms with van der Waals surface area (Å²) < 4.78 is 68.8. The molecule has 7 nitrogen and oxygen atoms in total. The monoisotopic (exact) mass is 519 g/mol. The number of nitrogens with one attached hydrogen (secondary N) is 3. The molecule has 3 rings (SSSR count). The minimum atomic E-state index is -4.98. The zero-order chi connectivity index (χ0) is 24.2. The third-order valence-electron chi connectivity index (χ3n) is 3.95. The highest BCUT2D eigenvalue weighted by Crippen LogP contribution is 2.29. The Morgan fingerprint density at radius 2 is 1.52 bits per heavy atom. The van der Waals surface area contributed by atoms with Crippen molar-refractivity contribution in [3.05, 3.63) is 76.8 Å². The first-order valence-corrected chi connectivity index (χ1v) is 11.2. The average Bonchev–Trinajstić information content (AvgIpc) is 2.70. The molecule has 0 fully saturated rings. The predicted molar refractivity (Wildman–Crippen MR) is 119 cm³/mol. The molecular weight excluding hydrogens is 506 g/mol. The average molecular weight is 520 g/mol. The molecule has 0 heterocycles. The second-order valence-electron chi connectivity index (χ2n) is 6.38. The number of benzene rings is 3. The van der Waals surface area contributed by atoms with Crippen molar-refractivity contribution >= 4 is 56.3 Å². The van der Waals surface area contributed by atoms with Crippen molar-refractivity contribution in [3.63, 3.8) is 0 Å². The van der Waals surface area contributed by atoms with E-state index in [0.29, 0.717) is 5.02 Å². The van der Waals surface area contributed by atoms with Crippen LogP contribution in [-0.2, 0) is 10.0 Å². The number of carbonyl (C=O) groups is 1. The highest BCUT2D eigenvalue weighted by molar-refractivity contribution is 7.92. The van der Waals surface area contributed by atoms with Crippen molar-refractivity contribution in [1.82, 2.24) is 0 Å². The summed E-state index contributed by atoms with van der Waals surface area (Å²) in [4.78, 5) is 11.9. The molecule has 174 valence electrons. The van der Waals surface area contributed by atoms with Crippen LogP contribution in [0.15, 0.2) is 71.6 Å². The molecule has 0 atom stereocenters. The molecule has 0 spiro atoms. The SMILES string of the molecule is O=C(Nc1ccc(Cl)cc1Cl)Nc1ccccc1NS(=O)(=O)c1cccc(OC(F)(F)F)c1. The van der Waals surface area contributed by atoms with Crippen molar-refractivity contribution < 1.29 is 31.1 Å². The van der Waals surface area contributed by atoms with Crippen LogP contribution in [-0.4, -0.2) is 20.8 Å². The molecule has 0 aliphatic rings. The number of ether oxygens (including phenoxy) is 1. The van der Waals surface area contributed by atoms with E-state index in [-0.39, 0.29) is 22.1 Å². The first-order valence-electron chi connectivity index (χ1n) is 8.94. The summed E-state index contributed by atoms with van der Waals surface area (Å²) in [5.74, 6) is -0.698. The lowest BCUT2D eigenvalue weighted by Gasteiger charge is -2.15. The molecule has 2 amide bonds. The first kappa shape index (κ1) is 24.5. The maximum Gasteiger partial charge on any atom is 0.573 e. The summed E-state index contributed by atoms with van der Waals surface area (Å²) in [6, 6.07) is 13.4. The fourth-order valence-electron chi connectivity index (χ4n) is 2.59. The molecule has 0 saturated heterocycles. The fraction of sp³-hybridized carbons (Fsp3) is 0.0500. The molecule has 3 aromatic rings. The van der Waals surface area contributed by atoms with Crippen LogP contribution in [0.4, 0.5) is 35.0 Å². The highest BCUT2D eigenvalue weighted by atomic mass is 35.5. The van der Waals surface area contributed by atoms with Crippen molar-refractivity contribution in [2.45, 2.75) is 11.3 Å². The molecule has 3 aromatic carbocycles. The van der Waals surface area contributed by atoms with Gasteiger partial charge in [0.15, 0.2) is 0 Å². The van der Waals surface area contributed by atoms with Gasteiger partial charge >= 0.3 is 12.4 Å². The zero-order valence-corrected chi connectivity index (χ0v) is 18.6. The van der Waals surface area contributed by atoms with Gasteiger partial charge in [0.2, 0.25) is 0 Å². The maximum absolute atomic E-state index is 12.7. The summed E-state index contributed by atoms with van der Waals surface area (Å²) in [5, 5.41) is 5.53. The maximum atomic E-state index is 12.7. The van der Waals surface area contributed by atoms with E-state index in [0.717, 1.165) is 24.3 Å². The predicted octanol–water partition coefficient (Wildman–Crippen LogP) is 6.34. The van der Waals surface area contributed by atoms with Crippen LogP contribution in [0.1, 0.15) is 0 Å². The number of hydrogen-bond acceptors (Lipinski definition) is 4. The number of urea groups is 1. The Morgan fingerprint density at radius 1 is 0.848 bits per heavy atom. The number of amides is 2. The van der Waals surface area contributed by atoms with Crippen LogP contribution in [0, 0.1) is 0 Å². The number of halogens is 5. The van der Waals surface area contributed by atoms with Crippen LogP contribution in [0.25, 0.3) is 0 Å². The second-order valence-corrected chi connectivity index (χ2v) is 8.90. The van der Waals surface area contributed by atoms with Gasteiger partial charge in [0.25, 0.3) is 10.0 Å². The molecule has 0 bridgehead atoms. The molecule has 0 radical (unpaired) electrons.